The quantitative estimate of drug-likeness (QED) is 0.850. The Morgan fingerprint density at radius 1 is 1.31 bits per heavy atom. The van der Waals surface area contributed by atoms with Gasteiger partial charge in [-0.2, -0.15) is 0 Å². The largest absolute Gasteiger partial charge is 0.472 e. The first-order valence-electron chi connectivity index (χ1n) is 6.29. The Balaban J connectivity index is 1.57. The van der Waals surface area contributed by atoms with Gasteiger partial charge in [0, 0.05) is 30.7 Å². The van der Waals surface area contributed by atoms with Gasteiger partial charge >= 0.3 is 0 Å². The predicted octanol–water partition coefficient (Wildman–Crippen LogP) is 2.33. The van der Waals surface area contributed by atoms with Crippen LogP contribution >= 0.6 is 0 Å². The molecule has 0 amide bonds. The van der Waals surface area contributed by atoms with Gasteiger partial charge in [0.25, 0.3) is 0 Å². The van der Waals surface area contributed by atoms with Crippen molar-refractivity contribution in [2.75, 3.05) is 6.61 Å². The van der Waals surface area contributed by atoms with E-state index < -0.39 is 0 Å². The molecule has 1 aliphatic heterocycles. The van der Waals surface area contributed by atoms with Gasteiger partial charge in [0.05, 0.1) is 18.6 Å². The molecule has 0 bridgehead atoms. The van der Waals surface area contributed by atoms with Crippen molar-refractivity contribution in [1.82, 2.24) is 5.32 Å². The van der Waals surface area contributed by atoms with E-state index >= 15 is 0 Å². The summed E-state index contributed by atoms with van der Waals surface area (Å²) >= 11 is 0. The standard InChI is InChI=1S/C13H19NO2/c1-2-12(11-5-7-16-13(11)3-1)14-8-10-4-6-15-9-10/h4,6,9,11-14H,1-3,5,7-8H2. The highest BCUT2D eigenvalue weighted by atomic mass is 16.5. The number of hydrogen-bond acceptors (Lipinski definition) is 3. The van der Waals surface area contributed by atoms with Gasteiger partial charge in [-0.15, -0.1) is 0 Å². The molecular formula is C13H19NO2. The summed E-state index contributed by atoms with van der Waals surface area (Å²) in [6, 6.07) is 2.66. The van der Waals surface area contributed by atoms with Crippen LogP contribution in [0.1, 0.15) is 31.2 Å². The van der Waals surface area contributed by atoms with E-state index in [4.69, 9.17) is 9.15 Å². The first-order chi connectivity index (χ1) is 7.93. The molecule has 1 aliphatic carbocycles. The minimum atomic E-state index is 0.524. The van der Waals surface area contributed by atoms with E-state index in [1.807, 2.05) is 12.3 Å². The van der Waals surface area contributed by atoms with Crippen molar-refractivity contribution in [3.05, 3.63) is 24.2 Å². The lowest BCUT2D eigenvalue weighted by molar-refractivity contribution is 0.0529. The molecule has 0 spiro atoms. The topological polar surface area (TPSA) is 34.4 Å². The van der Waals surface area contributed by atoms with Gasteiger partial charge in [-0.1, -0.05) is 0 Å². The van der Waals surface area contributed by atoms with Crippen molar-refractivity contribution < 1.29 is 9.15 Å². The third-order valence-corrected chi connectivity index (χ3v) is 3.93. The molecule has 1 saturated heterocycles. The molecule has 3 unspecified atom stereocenters. The second-order valence-corrected chi connectivity index (χ2v) is 4.91. The fraction of sp³-hybridized carbons (Fsp3) is 0.692. The summed E-state index contributed by atoms with van der Waals surface area (Å²) in [5.41, 5.74) is 1.24. The Bertz CT molecular complexity index is 323. The van der Waals surface area contributed by atoms with Gasteiger partial charge in [0.1, 0.15) is 0 Å². The minimum absolute atomic E-state index is 0.524. The Morgan fingerprint density at radius 2 is 2.31 bits per heavy atom. The second kappa shape index (κ2) is 4.60. The molecule has 2 fully saturated rings. The molecule has 0 radical (unpaired) electrons. The van der Waals surface area contributed by atoms with Crippen LogP contribution in [0.5, 0.6) is 0 Å². The lowest BCUT2D eigenvalue weighted by Gasteiger charge is -2.33. The van der Waals surface area contributed by atoms with Crippen LogP contribution in [0, 0.1) is 5.92 Å². The SMILES string of the molecule is c1cc(CNC2CCCC3OCCC23)co1. The maximum absolute atomic E-state index is 5.77. The summed E-state index contributed by atoms with van der Waals surface area (Å²) in [5, 5.41) is 3.66. The zero-order valence-electron chi connectivity index (χ0n) is 9.52. The molecule has 16 heavy (non-hydrogen) atoms. The average molecular weight is 221 g/mol. The maximum Gasteiger partial charge on any atom is 0.0947 e. The molecule has 1 saturated carbocycles. The van der Waals surface area contributed by atoms with Crippen molar-refractivity contribution in [1.29, 1.82) is 0 Å². The number of rotatable bonds is 3. The normalized spacial score (nSPS) is 33.9. The van der Waals surface area contributed by atoms with Crippen LogP contribution in [0.15, 0.2) is 23.0 Å². The van der Waals surface area contributed by atoms with Crippen LogP contribution in [-0.4, -0.2) is 18.8 Å². The number of furan rings is 1. The highest BCUT2D eigenvalue weighted by molar-refractivity contribution is 5.05. The monoisotopic (exact) mass is 221 g/mol. The molecule has 3 rings (SSSR count). The van der Waals surface area contributed by atoms with E-state index in [1.54, 1.807) is 6.26 Å². The number of hydrogen-bond donors (Lipinski definition) is 1. The van der Waals surface area contributed by atoms with E-state index in [1.165, 1.54) is 31.2 Å². The van der Waals surface area contributed by atoms with Gasteiger partial charge in [-0.25, -0.2) is 0 Å². The summed E-state index contributed by atoms with van der Waals surface area (Å²) in [5.74, 6) is 0.737. The van der Waals surface area contributed by atoms with Crippen LogP contribution in [0.4, 0.5) is 0 Å². The lowest BCUT2D eigenvalue weighted by atomic mass is 9.82. The molecule has 1 aromatic rings. The van der Waals surface area contributed by atoms with Crippen molar-refractivity contribution in [2.45, 2.75) is 44.4 Å². The molecule has 3 nitrogen and oxygen atoms in total. The van der Waals surface area contributed by atoms with Crippen molar-refractivity contribution in [3.8, 4) is 0 Å². The van der Waals surface area contributed by atoms with Gasteiger partial charge in [0.15, 0.2) is 0 Å². The van der Waals surface area contributed by atoms with Gasteiger partial charge in [-0.3, -0.25) is 0 Å². The summed E-state index contributed by atoms with van der Waals surface area (Å²) in [6.45, 7) is 1.88. The summed E-state index contributed by atoms with van der Waals surface area (Å²) in [7, 11) is 0. The van der Waals surface area contributed by atoms with Crippen LogP contribution in [-0.2, 0) is 11.3 Å². The molecule has 2 heterocycles. The van der Waals surface area contributed by atoms with E-state index in [-0.39, 0.29) is 0 Å². The van der Waals surface area contributed by atoms with Crippen molar-refractivity contribution in [3.63, 3.8) is 0 Å². The smallest absolute Gasteiger partial charge is 0.0947 e. The lowest BCUT2D eigenvalue weighted by Crippen LogP contribution is -2.42. The Labute approximate surface area is 96.2 Å². The third kappa shape index (κ3) is 2.02. The summed E-state index contributed by atoms with van der Waals surface area (Å²) in [6.07, 6.45) is 9.16. The van der Waals surface area contributed by atoms with Gasteiger partial charge in [0.2, 0.25) is 0 Å². The highest BCUT2D eigenvalue weighted by Crippen LogP contribution is 2.34. The van der Waals surface area contributed by atoms with E-state index in [2.05, 4.69) is 5.32 Å². The molecule has 88 valence electrons. The van der Waals surface area contributed by atoms with E-state index in [9.17, 15) is 0 Å². The molecule has 1 aromatic heterocycles. The van der Waals surface area contributed by atoms with Crippen LogP contribution in [0.2, 0.25) is 0 Å². The van der Waals surface area contributed by atoms with Crippen molar-refractivity contribution in [2.24, 2.45) is 5.92 Å². The van der Waals surface area contributed by atoms with Crippen LogP contribution in [0.25, 0.3) is 0 Å². The fourth-order valence-corrected chi connectivity index (χ4v) is 3.07. The first-order valence-corrected chi connectivity index (χ1v) is 6.29. The predicted molar refractivity (Wildman–Crippen MR) is 61.0 cm³/mol. The summed E-state index contributed by atoms with van der Waals surface area (Å²) in [4.78, 5) is 0. The summed E-state index contributed by atoms with van der Waals surface area (Å²) < 4.78 is 10.8. The molecule has 3 heteroatoms. The Hall–Kier alpha value is -0.800. The molecular weight excluding hydrogens is 202 g/mol. The maximum atomic E-state index is 5.77. The molecule has 2 aliphatic rings. The van der Waals surface area contributed by atoms with Crippen LogP contribution < -0.4 is 5.32 Å². The Morgan fingerprint density at radius 3 is 3.19 bits per heavy atom. The average Bonchev–Trinajstić information content (AvgIpc) is 2.97. The van der Waals surface area contributed by atoms with E-state index in [0.717, 1.165) is 19.1 Å². The highest BCUT2D eigenvalue weighted by Gasteiger charge is 2.37. The third-order valence-electron chi connectivity index (χ3n) is 3.93. The van der Waals surface area contributed by atoms with E-state index in [0.29, 0.717) is 12.1 Å². The molecule has 1 N–H and O–H groups in total. The number of fused-ring (bicyclic) bond motifs is 1. The minimum Gasteiger partial charge on any atom is -0.472 e. The first kappa shape index (κ1) is 10.4. The number of ether oxygens (including phenoxy) is 1. The zero-order chi connectivity index (χ0) is 10.8. The Kier molecular flexibility index (Phi) is 2.98. The second-order valence-electron chi connectivity index (χ2n) is 4.91. The fourth-order valence-electron chi connectivity index (χ4n) is 3.07. The zero-order valence-corrected chi connectivity index (χ0v) is 9.52. The van der Waals surface area contributed by atoms with Gasteiger partial charge < -0.3 is 14.5 Å². The van der Waals surface area contributed by atoms with Crippen molar-refractivity contribution >= 4 is 0 Å². The molecule has 0 aromatic carbocycles. The number of nitrogens with one attached hydrogen (secondary N) is 1. The molecule has 3 atom stereocenters. The van der Waals surface area contributed by atoms with Gasteiger partial charge in [-0.05, 0) is 31.7 Å². The van der Waals surface area contributed by atoms with Crippen LogP contribution in [0.3, 0.4) is 0 Å².